The number of thioether (sulfide) groups is 1. The number of aliphatic carboxylic acids is 1. The number of carboxylic acid groups (broad SMARTS) is 1. The molecule has 1 aromatic heterocycles. The van der Waals surface area contributed by atoms with Gasteiger partial charge in [-0.3, -0.25) is 14.5 Å². The monoisotopic (exact) mass is 606 g/mol. The number of carbonyl (C=O) groups is 2. The van der Waals surface area contributed by atoms with Gasteiger partial charge in [-0.25, -0.2) is 9.97 Å². The van der Waals surface area contributed by atoms with Crippen molar-refractivity contribution in [3.63, 3.8) is 0 Å². The average molecular weight is 607 g/mol. The summed E-state index contributed by atoms with van der Waals surface area (Å²) in [5.41, 5.74) is -0.526. The first-order valence-electron chi connectivity index (χ1n) is 13.8. The molecular weight excluding hydrogens is 573 g/mol. The van der Waals surface area contributed by atoms with E-state index in [4.69, 9.17) is 4.74 Å². The molecule has 14 heteroatoms. The van der Waals surface area contributed by atoms with E-state index in [1.54, 1.807) is 6.07 Å². The molecule has 226 valence electrons. The summed E-state index contributed by atoms with van der Waals surface area (Å²) in [5.74, 6) is -1.34. The van der Waals surface area contributed by atoms with Gasteiger partial charge >= 0.3 is 12.1 Å². The lowest BCUT2D eigenvalue weighted by atomic mass is 9.97. The lowest BCUT2D eigenvalue weighted by molar-refractivity contribution is -0.142. The van der Waals surface area contributed by atoms with Gasteiger partial charge in [-0.05, 0) is 62.9 Å². The third kappa shape index (κ3) is 6.59. The number of carboxylic acids is 1. The molecule has 2 aromatic rings. The third-order valence-electron chi connectivity index (χ3n) is 7.95. The molecule has 10 nitrogen and oxygen atoms in total. The second-order valence-corrected chi connectivity index (χ2v) is 11.8. The number of methoxy groups -OCH3 is 1. The van der Waals surface area contributed by atoms with Gasteiger partial charge in [0.15, 0.2) is 5.50 Å². The van der Waals surface area contributed by atoms with Gasteiger partial charge in [-0.1, -0.05) is 11.8 Å². The fourth-order valence-electron chi connectivity index (χ4n) is 5.52. The number of ether oxygens (including phenoxy) is 1. The first-order chi connectivity index (χ1) is 20.0. The van der Waals surface area contributed by atoms with Crippen molar-refractivity contribution in [2.75, 3.05) is 38.2 Å². The van der Waals surface area contributed by atoms with Crippen molar-refractivity contribution in [2.24, 2.45) is 5.92 Å². The predicted octanol–water partition coefficient (Wildman–Crippen LogP) is 4.01. The summed E-state index contributed by atoms with van der Waals surface area (Å²) in [5, 5.41) is 15.3. The SMILES string of the molecule is COc1ccc(C2=C(CN3CCCC3C)SC(NC(=O)c3cnc(N4CCC(C(=O)O)CC4)cn3)N2)cc1C(F)(F)F. The highest BCUT2D eigenvalue weighted by atomic mass is 32.2. The van der Waals surface area contributed by atoms with E-state index in [9.17, 15) is 27.9 Å². The number of rotatable bonds is 8. The van der Waals surface area contributed by atoms with Gasteiger partial charge in [-0.2, -0.15) is 13.2 Å². The lowest BCUT2D eigenvalue weighted by Gasteiger charge is -2.30. The van der Waals surface area contributed by atoms with Crippen LogP contribution < -0.4 is 20.3 Å². The molecule has 5 rings (SSSR count). The van der Waals surface area contributed by atoms with Crippen LogP contribution in [0.25, 0.3) is 5.70 Å². The minimum Gasteiger partial charge on any atom is -0.496 e. The Morgan fingerprint density at radius 1 is 1.17 bits per heavy atom. The summed E-state index contributed by atoms with van der Waals surface area (Å²) in [4.78, 5) is 38.0. The van der Waals surface area contributed by atoms with Crippen LogP contribution in [0.5, 0.6) is 5.75 Å². The zero-order valence-electron chi connectivity index (χ0n) is 23.3. The highest BCUT2D eigenvalue weighted by Gasteiger charge is 2.36. The van der Waals surface area contributed by atoms with E-state index in [1.165, 1.54) is 37.3 Å². The van der Waals surface area contributed by atoms with Crippen molar-refractivity contribution < 1.29 is 32.6 Å². The summed E-state index contributed by atoms with van der Waals surface area (Å²) < 4.78 is 46.3. The number of hydrogen-bond acceptors (Lipinski definition) is 9. The predicted molar refractivity (Wildman–Crippen MR) is 152 cm³/mol. The van der Waals surface area contributed by atoms with Crippen LogP contribution in [0.2, 0.25) is 0 Å². The standard InChI is InChI=1S/C28H33F3N6O4S/c1-16-4-3-9-37(16)15-22-24(18-5-6-21(41-2)19(12-18)28(29,30)31)34-27(42-22)35-25(38)20-13-33-23(14-32-20)36-10-7-17(8-11-36)26(39)40/h5-6,12-14,16-17,27,34H,3-4,7-11,15H2,1-2H3,(H,35,38)(H,39,40). The van der Waals surface area contributed by atoms with Crippen LogP contribution in [0.15, 0.2) is 35.5 Å². The summed E-state index contributed by atoms with van der Waals surface area (Å²) in [6, 6.07) is 4.31. The number of nitrogens with one attached hydrogen (secondary N) is 2. The zero-order valence-corrected chi connectivity index (χ0v) is 24.1. The van der Waals surface area contributed by atoms with E-state index in [2.05, 4.69) is 32.4 Å². The largest absolute Gasteiger partial charge is 0.496 e. The van der Waals surface area contributed by atoms with E-state index in [-0.39, 0.29) is 17.4 Å². The summed E-state index contributed by atoms with van der Waals surface area (Å²) in [6.07, 6.45) is 1.39. The van der Waals surface area contributed by atoms with Crippen LogP contribution >= 0.6 is 11.8 Å². The normalized spacial score (nSPS) is 21.9. The van der Waals surface area contributed by atoms with Gasteiger partial charge in [0, 0.05) is 30.6 Å². The number of halogens is 3. The first-order valence-corrected chi connectivity index (χ1v) is 14.7. The van der Waals surface area contributed by atoms with Crippen molar-refractivity contribution in [2.45, 2.75) is 50.3 Å². The molecule has 2 fully saturated rings. The molecule has 42 heavy (non-hydrogen) atoms. The molecule has 1 aromatic carbocycles. The first kappa shape index (κ1) is 30.0. The molecule has 2 unspecified atom stereocenters. The second kappa shape index (κ2) is 12.4. The van der Waals surface area contributed by atoms with Crippen molar-refractivity contribution in [1.82, 2.24) is 25.5 Å². The molecule has 0 saturated carbocycles. The Labute approximate surface area is 245 Å². The van der Waals surface area contributed by atoms with Crippen molar-refractivity contribution in [1.29, 1.82) is 0 Å². The van der Waals surface area contributed by atoms with Gasteiger partial charge in [0.2, 0.25) is 0 Å². The quantitative estimate of drug-likeness (QED) is 0.407. The topological polar surface area (TPSA) is 120 Å². The fourth-order valence-corrected chi connectivity index (χ4v) is 6.68. The number of anilines is 1. The van der Waals surface area contributed by atoms with Gasteiger partial charge in [0.1, 0.15) is 17.3 Å². The van der Waals surface area contributed by atoms with E-state index in [1.807, 2.05) is 4.90 Å². The van der Waals surface area contributed by atoms with Crippen LogP contribution in [0.3, 0.4) is 0 Å². The maximum Gasteiger partial charge on any atom is 0.419 e. The number of hydrogen-bond donors (Lipinski definition) is 3. The molecule has 2 atom stereocenters. The summed E-state index contributed by atoms with van der Waals surface area (Å²) in [6.45, 7) is 4.64. The van der Waals surface area contributed by atoms with Crippen LogP contribution in [-0.2, 0) is 11.0 Å². The Kier molecular flexibility index (Phi) is 8.83. The Bertz CT molecular complexity index is 1350. The Balaban J connectivity index is 1.30. The number of carbonyl (C=O) groups excluding carboxylic acids is 1. The maximum atomic E-state index is 13.8. The number of benzene rings is 1. The average Bonchev–Trinajstić information content (AvgIpc) is 3.57. The number of alkyl halides is 3. The van der Waals surface area contributed by atoms with Crippen LogP contribution in [0, 0.1) is 5.92 Å². The molecule has 0 aliphatic carbocycles. The molecule has 3 N–H and O–H groups in total. The van der Waals surface area contributed by atoms with Crippen LogP contribution in [0.1, 0.15) is 54.2 Å². The maximum absolute atomic E-state index is 13.8. The molecular formula is C28H33F3N6O4S. The molecule has 0 radical (unpaired) electrons. The number of amides is 1. The summed E-state index contributed by atoms with van der Waals surface area (Å²) in [7, 11) is 1.20. The zero-order chi connectivity index (χ0) is 30.0. The smallest absolute Gasteiger partial charge is 0.419 e. The fraction of sp³-hybridized carbons (Fsp3) is 0.500. The van der Waals surface area contributed by atoms with Crippen molar-refractivity contribution >= 4 is 35.2 Å². The second-order valence-electron chi connectivity index (χ2n) is 10.6. The highest BCUT2D eigenvalue weighted by molar-refractivity contribution is 8.04. The van der Waals surface area contributed by atoms with Gasteiger partial charge < -0.3 is 25.4 Å². The molecule has 2 saturated heterocycles. The van der Waals surface area contributed by atoms with Gasteiger partial charge in [0.05, 0.1) is 36.7 Å². The number of nitrogens with zero attached hydrogens (tertiary/aromatic N) is 4. The third-order valence-corrected chi connectivity index (χ3v) is 9.04. The van der Waals surface area contributed by atoms with Gasteiger partial charge in [-0.15, -0.1) is 0 Å². The van der Waals surface area contributed by atoms with E-state index < -0.39 is 29.1 Å². The molecule has 4 heterocycles. The van der Waals surface area contributed by atoms with E-state index in [0.29, 0.717) is 55.6 Å². The number of aromatic nitrogens is 2. The van der Waals surface area contributed by atoms with Gasteiger partial charge in [0.25, 0.3) is 5.91 Å². The molecule has 3 aliphatic rings. The Morgan fingerprint density at radius 2 is 1.93 bits per heavy atom. The highest BCUT2D eigenvalue weighted by Crippen LogP contribution is 2.41. The van der Waals surface area contributed by atoms with Crippen LogP contribution in [0.4, 0.5) is 19.0 Å². The molecule has 0 spiro atoms. The van der Waals surface area contributed by atoms with Crippen molar-refractivity contribution in [3.05, 3.63) is 52.3 Å². The number of piperidine rings is 1. The molecule has 0 bridgehead atoms. The number of likely N-dealkylation sites (tertiary alicyclic amines) is 1. The summed E-state index contributed by atoms with van der Waals surface area (Å²) >= 11 is 1.36. The minimum atomic E-state index is -4.60. The van der Waals surface area contributed by atoms with E-state index in [0.717, 1.165) is 30.4 Å². The Morgan fingerprint density at radius 3 is 2.52 bits per heavy atom. The van der Waals surface area contributed by atoms with E-state index >= 15 is 0 Å². The van der Waals surface area contributed by atoms with Crippen LogP contribution in [-0.4, -0.2) is 76.7 Å². The van der Waals surface area contributed by atoms with Crippen molar-refractivity contribution in [3.8, 4) is 5.75 Å². The molecule has 3 aliphatic heterocycles. The Hall–Kier alpha value is -3.52. The molecule has 1 amide bonds. The minimum absolute atomic E-state index is 0.0912. The lowest BCUT2D eigenvalue weighted by Crippen LogP contribution is -2.40.